The molecule has 1 aliphatic rings. The lowest BCUT2D eigenvalue weighted by atomic mass is 9.79. The first kappa shape index (κ1) is 37.2. The summed E-state index contributed by atoms with van der Waals surface area (Å²) < 4.78 is 15.4. The highest BCUT2D eigenvalue weighted by atomic mass is 32.1. The molecule has 0 radical (unpaired) electrons. The van der Waals surface area contributed by atoms with Crippen molar-refractivity contribution in [3.05, 3.63) is 199 Å². The fourth-order valence-electron chi connectivity index (χ4n) is 10.8. The topological polar surface area (TPSA) is 65.0 Å². The maximum atomic E-state index is 6.61. The van der Waals surface area contributed by atoms with Gasteiger partial charge in [0.05, 0.1) is 0 Å². The Balaban J connectivity index is 0.941. The SMILES string of the molecule is CC1(C)c2ccccc2-c2cccc(-c3ccc(-c4ccc5oc6cccc(-c7nc(-c8cccc9oc%10ccccc%10c89)nc(-c8cccc9sc%10ccccc%10c89)n7)c6c5c4)cc3)c21. The molecule has 6 heteroatoms. The van der Waals surface area contributed by atoms with Gasteiger partial charge in [0.25, 0.3) is 0 Å². The molecule has 0 saturated heterocycles. The molecule has 0 saturated carbocycles. The van der Waals surface area contributed by atoms with Crippen LogP contribution in [0.2, 0.25) is 0 Å². The highest BCUT2D eigenvalue weighted by Crippen LogP contribution is 2.52. The largest absolute Gasteiger partial charge is 0.456 e. The summed E-state index contributed by atoms with van der Waals surface area (Å²) in [5.41, 5.74) is 15.9. The van der Waals surface area contributed by atoms with Crippen LogP contribution in [-0.4, -0.2) is 15.0 Å². The number of fused-ring (bicyclic) bond motifs is 12. The summed E-state index contributed by atoms with van der Waals surface area (Å²) in [6.45, 7) is 4.70. The van der Waals surface area contributed by atoms with E-state index >= 15 is 0 Å². The average Bonchev–Trinajstić information content (AvgIpc) is 4.12. The van der Waals surface area contributed by atoms with Gasteiger partial charge in [-0.2, -0.15) is 0 Å². The molecule has 0 amide bonds. The van der Waals surface area contributed by atoms with Crippen LogP contribution in [0, 0.1) is 0 Å². The van der Waals surface area contributed by atoms with Crippen LogP contribution in [0.15, 0.2) is 197 Å². The molecule has 5 nitrogen and oxygen atoms in total. The van der Waals surface area contributed by atoms with E-state index < -0.39 is 0 Å². The number of hydrogen-bond acceptors (Lipinski definition) is 6. The first-order valence-corrected chi connectivity index (χ1v) is 23.2. The van der Waals surface area contributed by atoms with Crippen LogP contribution in [0.3, 0.4) is 0 Å². The summed E-state index contributed by atoms with van der Waals surface area (Å²) in [6.07, 6.45) is 0. The lowest BCUT2D eigenvalue weighted by Crippen LogP contribution is -2.16. The zero-order valence-corrected chi connectivity index (χ0v) is 36.8. The molecule has 14 rings (SSSR count). The molecule has 310 valence electrons. The molecular weight excluding hydrogens is 827 g/mol. The van der Waals surface area contributed by atoms with Crippen molar-refractivity contribution in [3.63, 3.8) is 0 Å². The minimum Gasteiger partial charge on any atom is -0.456 e. The van der Waals surface area contributed by atoms with Gasteiger partial charge in [0.1, 0.15) is 22.3 Å². The summed E-state index contributed by atoms with van der Waals surface area (Å²) in [5, 5.41) is 6.28. The van der Waals surface area contributed by atoms with Crippen molar-refractivity contribution < 1.29 is 8.83 Å². The molecule has 66 heavy (non-hydrogen) atoms. The lowest BCUT2D eigenvalue weighted by Gasteiger charge is -2.24. The highest BCUT2D eigenvalue weighted by molar-refractivity contribution is 7.25. The fraction of sp³-hybridized carbons (Fsp3) is 0.0500. The first-order valence-electron chi connectivity index (χ1n) is 22.3. The van der Waals surface area contributed by atoms with Crippen molar-refractivity contribution in [1.82, 2.24) is 15.0 Å². The van der Waals surface area contributed by atoms with E-state index in [1.165, 1.54) is 48.2 Å². The zero-order valence-electron chi connectivity index (χ0n) is 36.0. The normalized spacial score (nSPS) is 13.1. The Kier molecular flexibility index (Phi) is 7.84. The number of aromatic nitrogens is 3. The van der Waals surface area contributed by atoms with Gasteiger partial charge < -0.3 is 8.83 Å². The van der Waals surface area contributed by atoms with Crippen molar-refractivity contribution in [2.45, 2.75) is 19.3 Å². The Labute approximate surface area is 383 Å². The third kappa shape index (κ3) is 5.42. The van der Waals surface area contributed by atoms with Gasteiger partial charge in [-0.3, -0.25) is 0 Å². The van der Waals surface area contributed by atoms with Crippen molar-refractivity contribution >= 4 is 75.4 Å². The van der Waals surface area contributed by atoms with E-state index in [9.17, 15) is 0 Å². The van der Waals surface area contributed by atoms with Gasteiger partial charge in [0.2, 0.25) is 0 Å². The van der Waals surface area contributed by atoms with E-state index in [0.29, 0.717) is 17.5 Å². The highest BCUT2D eigenvalue weighted by Gasteiger charge is 2.37. The third-order valence-electron chi connectivity index (χ3n) is 13.8. The molecular formula is C60H37N3O2S. The monoisotopic (exact) mass is 863 g/mol. The molecule has 9 aromatic carbocycles. The minimum atomic E-state index is -0.0983. The van der Waals surface area contributed by atoms with E-state index in [4.69, 9.17) is 23.8 Å². The smallest absolute Gasteiger partial charge is 0.164 e. The van der Waals surface area contributed by atoms with Crippen molar-refractivity contribution in [3.8, 4) is 67.5 Å². The van der Waals surface area contributed by atoms with Crippen molar-refractivity contribution in [2.75, 3.05) is 0 Å². The standard InChI is InChI=1S/C60H37N3O2S/c1-60(2)46-21-6-3-13-38(46)39-17-9-16-37(56(39)60)35-29-27-34(28-30-35)36-31-32-48-45(33-36)54-43(19-11-24-50(54)65-48)58-61-57(42-18-10-23-49-53(42)40-14-4-7-22-47(40)64-49)62-59(63-58)44-20-12-26-52-55(44)41-15-5-8-25-51(41)66-52/h3-33H,1-2H3. The summed E-state index contributed by atoms with van der Waals surface area (Å²) in [5.74, 6) is 1.75. The first-order chi connectivity index (χ1) is 32.5. The van der Waals surface area contributed by atoms with E-state index in [-0.39, 0.29) is 5.41 Å². The molecule has 13 aromatic rings. The van der Waals surface area contributed by atoms with Gasteiger partial charge in [0, 0.05) is 63.8 Å². The van der Waals surface area contributed by atoms with Crippen LogP contribution in [0.25, 0.3) is 132 Å². The van der Waals surface area contributed by atoms with Crippen molar-refractivity contribution in [1.29, 1.82) is 0 Å². The Morgan fingerprint density at radius 1 is 0.364 bits per heavy atom. The fourth-order valence-corrected chi connectivity index (χ4v) is 11.9. The maximum absolute atomic E-state index is 6.61. The summed E-state index contributed by atoms with van der Waals surface area (Å²) in [4.78, 5) is 16.1. The second kappa shape index (κ2) is 13.9. The second-order valence-corrected chi connectivity index (χ2v) is 18.9. The van der Waals surface area contributed by atoms with Gasteiger partial charge in [-0.1, -0.05) is 159 Å². The van der Waals surface area contributed by atoms with Crippen LogP contribution in [-0.2, 0) is 5.41 Å². The van der Waals surface area contributed by atoms with Gasteiger partial charge in [0.15, 0.2) is 17.5 Å². The van der Waals surface area contributed by atoms with Crippen LogP contribution < -0.4 is 0 Å². The van der Waals surface area contributed by atoms with Crippen LogP contribution in [0.4, 0.5) is 0 Å². The molecule has 0 aliphatic heterocycles. The molecule has 4 heterocycles. The Bertz CT molecular complexity index is 4020. The molecule has 0 atom stereocenters. The van der Waals surface area contributed by atoms with Crippen molar-refractivity contribution in [2.24, 2.45) is 0 Å². The number of thiophene rings is 1. The second-order valence-electron chi connectivity index (χ2n) is 17.8. The number of furan rings is 2. The third-order valence-corrected chi connectivity index (χ3v) is 14.9. The van der Waals surface area contributed by atoms with E-state index in [0.717, 1.165) is 77.1 Å². The Morgan fingerprint density at radius 3 is 1.62 bits per heavy atom. The Morgan fingerprint density at radius 2 is 0.864 bits per heavy atom. The van der Waals surface area contributed by atoms with E-state index in [1.807, 2.05) is 42.5 Å². The van der Waals surface area contributed by atoms with E-state index in [2.05, 4.69) is 159 Å². The summed E-state index contributed by atoms with van der Waals surface area (Å²) >= 11 is 1.79. The zero-order chi connectivity index (χ0) is 43.7. The number of benzene rings is 9. The number of rotatable bonds is 5. The van der Waals surface area contributed by atoms with Crippen LogP contribution >= 0.6 is 11.3 Å². The number of hydrogen-bond donors (Lipinski definition) is 0. The minimum absolute atomic E-state index is 0.0983. The molecule has 4 aromatic heterocycles. The number of para-hydroxylation sites is 1. The maximum Gasteiger partial charge on any atom is 0.164 e. The van der Waals surface area contributed by atoms with Gasteiger partial charge in [-0.15, -0.1) is 11.3 Å². The molecule has 0 bridgehead atoms. The quantitative estimate of drug-likeness (QED) is 0.172. The summed E-state index contributed by atoms with van der Waals surface area (Å²) in [6, 6.07) is 66.5. The van der Waals surface area contributed by atoms with Gasteiger partial charge >= 0.3 is 0 Å². The van der Waals surface area contributed by atoms with E-state index in [1.54, 1.807) is 11.3 Å². The molecule has 0 spiro atoms. The molecule has 0 fully saturated rings. The predicted octanol–water partition coefficient (Wildman–Crippen LogP) is 16.7. The predicted molar refractivity (Wildman–Crippen MR) is 272 cm³/mol. The van der Waals surface area contributed by atoms with Gasteiger partial charge in [-0.05, 0) is 87.0 Å². The van der Waals surface area contributed by atoms with Gasteiger partial charge in [-0.25, -0.2) is 15.0 Å². The summed E-state index contributed by atoms with van der Waals surface area (Å²) in [7, 11) is 0. The Hall–Kier alpha value is -8.19. The molecule has 0 unspecified atom stereocenters. The molecule has 0 N–H and O–H groups in total. The van der Waals surface area contributed by atoms with Crippen LogP contribution in [0.1, 0.15) is 25.0 Å². The molecule has 1 aliphatic carbocycles. The number of nitrogens with zero attached hydrogens (tertiary/aromatic N) is 3. The van der Waals surface area contributed by atoms with Crippen LogP contribution in [0.5, 0.6) is 0 Å². The average molecular weight is 864 g/mol. The lowest BCUT2D eigenvalue weighted by molar-refractivity contribution is 0.662.